The highest BCUT2D eigenvalue weighted by Crippen LogP contribution is 2.46. The van der Waals surface area contributed by atoms with Crippen LogP contribution in [0.4, 0.5) is 0 Å². The second-order valence-corrected chi connectivity index (χ2v) is 8.64. The van der Waals surface area contributed by atoms with E-state index in [1.807, 2.05) is 12.1 Å². The van der Waals surface area contributed by atoms with Crippen molar-refractivity contribution in [1.82, 2.24) is 0 Å². The van der Waals surface area contributed by atoms with Crippen molar-refractivity contribution in [3.8, 4) is 22.6 Å². The Labute approximate surface area is 193 Å². The molecule has 4 rings (SSSR count). The second kappa shape index (κ2) is 9.07. The molecule has 0 aliphatic carbocycles. The van der Waals surface area contributed by atoms with Crippen molar-refractivity contribution >= 4 is 53.4 Å². The third-order valence-corrected chi connectivity index (χ3v) is 5.84. The van der Waals surface area contributed by atoms with Crippen LogP contribution in [0, 0.1) is 0 Å². The van der Waals surface area contributed by atoms with Crippen molar-refractivity contribution in [3.05, 3.63) is 94.9 Å². The number of fused-ring (bicyclic) bond motifs is 2. The van der Waals surface area contributed by atoms with E-state index in [0.29, 0.717) is 13.2 Å². The van der Waals surface area contributed by atoms with Gasteiger partial charge in [0.05, 0.1) is 0 Å². The summed E-state index contributed by atoms with van der Waals surface area (Å²) in [7, 11) is 0. The topological polar surface area (TPSA) is 18.5 Å². The van der Waals surface area contributed by atoms with E-state index in [0.717, 1.165) is 53.1 Å². The number of hydrogen-bond acceptors (Lipinski definition) is 2. The van der Waals surface area contributed by atoms with Gasteiger partial charge < -0.3 is 9.47 Å². The van der Waals surface area contributed by atoms with Gasteiger partial charge in [-0.25, -0.2) is 0 Å². The van der Waals surface area contributed by atoms with Gasteiger partial charge in [-0.2, -0.15) is 0 Å². The predicted octanol–water partition coefficient (Wildman–Crippen LogP) is 8.31. The lowest BCUT2D eigenvalue weighted by atomic mass is 9.92. The lowest BCUT2D eigenvalue weighted by Crippen LogP contribution is -2.00. The molecule has 4 heteroatoms. The van der Waals surface area contributed by atoms with Crippen LogP contribution >= 0.6 is 31.9 Å². The fourth-order valence-corrected chi connectivity index (χ4v) is 4.37. The maximum Gasteiger partial charge on any atom is 0.128 e. The molecule has 0 spiro atoms. The van der Waals surface area contributed by atoms with Crippen molar-refractivity contribution in [3.63, 3.8) is 0 Å². The third-order valence-electron chi connectivity index (χ3n) is 4.85. The number of ether oxygens (including phenoxy) is 2. The van der Waals surface area contributed by atoms with Crippen LogP contribution in [0.15, 0.2) is 94.9 Å². The zero-order valence-electron chi connectivity index (χ0n) is 16.3. The maximum atomic E-state index is 6.10. The summed E-state index contributed by atoms with van der Waals surface area (Å²) in [5.41, 5.74) is 2.02. The normalized spacial score (nSPS) is 10.9. The third kappa shape index (κ3) is 4.03. The molecule has 0 aromatic heterocycles. The molecule has 0 saturated heterocycles. The first-order valence-electron chi connectivity index (χ1n) is 9.54. The molecule has 2 nitrogen and oxygen atoms in total. The summed E-state index contributed by atoms with van der Waals surface area (Å²) >= 11 is 7.17. The number of benzene rings is 4. The molecule has 0 atom stereocenters. The van der Waals surface area contributed by atoms with E-state index >= 15 is 0 Å². The van der Waals surface area contributed by atoms with E-state index < -0.39 is 0 Å². The molecule has 0 aliphatic heterocycles. The van der Waals surface area contributed by atoms with E-state index in [1.54, 1.807) is 12.2 Å². The molecular weight excluding hydrogens is 504 g/mol. The Morgan fingerprint density at radius 2 is 1.07 bits per heavy atom. The molecule has 0 aliphatic rings. The first-order valence-corrected chi connectivity index (χ1v) is 11.1. The van der Waals surface area contributed by atoms with E-state index in [9.17, 15) is 0 Å². The Hall–Kier alpha value is -2.56. The van der Waals surface area contributed by atoms with E-state index in [4.69, 9.17) is 9.47 Å². The smallest absolute Gasteiger partial charge is 0.128 e. The quantitative estimate of drug-likeness (QED) is 0.227. The summed E-state index contributed by atoms with van der Waals surface area (Å²) in [4.78, 5) is 0. The van der Waals surface area contributed by atoms with Crippen molar-refractivity contribution in [2.45, 2.75) is 0 Å². The second-order valence-electron chi connectivity index (χ2n) is 6.81. The average molecular weight is 524 g/mol. The van der Waals surface area contributed by atoms with Crippen LogP contribution in [0.2, 0.25) is 0 Å². The van der Waals surface area contributed by atoms with Gasteiger partial charge in [-0.1, -0.05) is 81.4 Å². The number of hydrogen-bond donors (Lipinski definition) is 0. The van der Waals surface area contributed by atoms with Gasteiger partial charge in [0.1, 0.15) is 24.7 Å². The van der Waals surface area contributed by atoms with Crippen LogP contribution in [-0.4, -0.2) is 13.2 Å². The highest BCUT2D eigenvalue weighted by atomic mass is 79.9. The minimum Gasteiger partial charge on any atom is -0.489 e. The zero-order valence-corrected chi connectivity index (χ0v) is 19.5. The summed E-state index contributed by atoms with van der Waals surface area (Å²) in [6.07, 6.45) is 3.51. The van der Waals surface area contributed by atoms with Gasteiger partial charge in [0, 0.05) is 20.1 Å². The van der Waals surface area contributed by atoms with Gasteiger partial charge >= 0.3 is 0 Å². The fourth-order valence-electron chi connectivity index (χ4n) is 3.62. The van der Waals surface area contributed by atoms with Gasteiger partial charge in [0.25, 0.3) is 0 Å². The van der Waals surface area contributed by atoms with Crippen molar-refractivity contribution in [2.75, 3.05) is 13.2 Å². The summed E-state index contributed by atoms with van der Waals surface area (Å²) in [5.74, 6) is 1.59. The van der Waals surface area contributed by atoms with Gasteiger partial charge in [-0.15, -0.1) is 0 Å². The van der Waals surface area contributed by atoms with E-state index in [2.05, 4.69) is 93.5 Å². The van der Waals surface area contributed by atoms with Gasteiger partial charge in [-0.05, 0) is 57.9 Å². The van der Waals surface area contributed by atoms with E-state index in [1.165, 1.54) is 0 Å². The molecule has 4 aromatic carbocycles. The molecule has 0 heterocycles. The molecule has 0 unspecified atom stereocenters. The molecule has 150 valence electrons. The number of rotatable bonds is 7. The van der Waals surface area contributed by atoms with Crippen molar-refractivity contribution < 1.29 is 9.47 Å². The average Bonchev–Trinajstić information content (AvgIpc) is 2.75. The summed E-state index contributed by atoms with van der Waals surface area (Å²) in [5, 5.41) is 4.43. The molecule has 0 fully saturated rings. The van der Waals surface area contributed by atoms with Crippen molar-refractivity contribution in [2.24, 2.45) is 0 Å². The lowest BCUT2D eigenvalue weighted by molar-refractivity contribution is 0.360. The largest absolute Gasteiger partial charge is 0.489 e. The van der Waals surface area contributed by atoms with Gasteiger partial charge in [0.2, 0.25) is 0 Å². The maximum absolute atomic E-state index is 6.10. The first-order chi connectivity index (χ1) is 14.6. The minimum atomic E-state index is 0.425. The van der Waals surface area contributed by atoms with Crippen LogP contribution in [0.3, 0.4) is 0 Å². The Kier molecular flexibility index (Phi) is 6.26. The Bertz CT molecular complexity index is 1160. The monoisotopic (exact) mass is 522 g/mol. The molecule has 30 heavy (non-hydrogen) atoms. The lowest BCUT2D eigenvalue weighted by Gasteiger charge is -2.19. The van der Waals surface area contributed by atoms with Gasteiger partial charge in [0.15, 0.2) is 0 Å². The highest BCUT2D eigenvalue weighted by Gasteiger charge is 2.19. The minimum absolute atomic E-state index is 0.425. The van der Waals surface area contributed by atoms with Crippen molar-refractivity contribution in [1.29, 1.82) is 0 Å². The molecule has 0 N–H and O–H groups in total. The molecule has 0 saturated carbocycles. The first kappa shape index (κ1) is 20.7. The molecule has 0 bridgehead atoms. The Balaban J connectivity index is 2.11. The molecule has 0 amide bonds. The molecule has 4 aromatic rings. The number of halogens is 2. The Morgan fingerprint density at radius 3 is 1.47 bits per heavy atom. The summed E-state index contributed by atoms with van der Waals surface area (Å²) < 4.78 is 14.3. The van der Waals surface area contributed by atoms with Crippen LogP contribution in [0.1, 0.15) is 0 Å². The zero-order chi connectivity index (χ0) is 21.1. The standard InChI is InChI=1S/C26H20Br2O2/c1-3-13-29-23-11-5-17-15-19(27)7-9-21(17)25(23)26-22-10-8-20(28)16-18(22)6-12-24(26)30-14-4-2/h3-12,15-16H,1-2,13-14H2. The summed E-state index contributed by atoms with van der Waals surface area (Å²) in [6.45, 7) is 8.44. The predicted molar refractivity (Wildman–Crippen MR) is 134 cm³/mol. The Morgan fingerprint density at radius 1 is 0.633 bits per heavy atom. The summed E-state index contributed by atoms with van der Waals surface area (Å²) in [6, 6.07) is 20.7. The van der Waals surface area contributed by atoms with Gasteiger partial charge in [-0.3, -0.25) is 0 Å². The molecular formula is C26H20Br2O2. The highest BCUT2D eigenvalue weighted by molar-refractivity contribution is 9.10. The fraction of sp³-hybridized carbons (Fsp3) is 0.0769. The van der Waals surface area contributed by atoms with Crippen LogP contribution in [-0.2, 0) is 0 Å². The molecule has 0 radical (unpaired) electrons. The van der Waals surface area contributed by atoms with Crippen LogP contribution in [0.5, 0.6) is 11.5 Å². The van der Waals surface area contributed by atoms with Crippen LogP contribution < -0.4 is 9.47 Å². The van der Waals surface area contributed by atoms with E-state index in [-0.39, 0.29) is 0 Å². The van der Waals surface area contributed by atoms with Crippen LogP contribution in [0.25, 0.3) is 32.7 Å². The SMILES string of the molecule is C=CCOc1ccc2cc(Br)ccc2c1-c1c(OCC=C)ccc2cc(Br)ccc12.